The van der Waals surface area contributed by atoms with Crippen molar-refractivity contribution in [2.24, 2.45) is 11.8 Å². The fourth-order valence-electron chi connectivity index (χ4n) is 4.03. The Balaban J connectivity index is 1.32. The molecule has 1 aliphatic carbocycles. The number of nitrogens with zero attached hydrogens (tertiary/aromatic N) is 3. The van der Waals surface area contributed by atoms with Gasteiger partial charge in [0.15, 0.2) is 0 Å². The van der Waals surface area contributed by atoms with Crippen LogP contribution in [0.5, 0.6) is 0 Å². The minimum Gasteiger partial charge on any atom is -0.342 e. The second-order valence-electron chi connectivity index (χ2n) is 8.03. The van der Waals surface area contributed by atoms with E-state index in [-0.39, 0.29) is 5.92 Å². The van der Waals surface area contributed by atoms with Crippen LogP contribution in [0.4, 0.5) is 0 Å². The third-order valence-electron chi connectivity index (χ3n) is 5.83. The topological polar surface area (TPSA) is 36.4 Å². The Hall–Kier alpha value is -0.940. The lowest BCUT2D eigenvalue weighted by Gasteiger charge is -2.37. The standard InChI is InChI=1S/C19H29N3OS/c1-14-6-9-22(10-7-14)19(23)16-3-2-8-21(11-16)12-17-13-24-18(20-17)15-4-5-15/h13-16H,2-12H2,1H3/t16-/m1/s1. The van der Waals surface area contributed by atoms with Crippen molar-refractivity contribution in [2.75, 3.05) is 26.2 Å². The van der Waals surface area contributed by atoms with E-state index in [9.17, 15) is 4.79 Å². The number of likely N-dealkylation sites (tertiary alicyclic amines) is 2. The van der Waals surface area contributed by atoms with Crippen LogP contribution in [0.2, 0.25) is 0 Å². The van der Waals surface area contributed by atoms with E-state index in [0.29, 0.717) is 5.91 Å². The van der Waals surface area contributed by atoms with Gasteiger partial charge in [-0.25, -0.2) is 4.98 Å². The van der Waals surface area contributed by atoms with Crippen LogP contribution in [0, 0.1) is 11.8 Å². The molecule has 4 rings (SSSR count). The zero-order valence-electron chi connectivity index (χ0n) is 14.7. The lowest BCUT2D eigenvalue weighted by molar-refractivity contribution is -0.138. The van der Waals surface area contributed by atoms with Gasteiger partial charge < -0.3 is 4.90 Å². The molecular weight excluding hydrogens is 318 g/mol. The molecule has 1 amide bonds. The first-order valence-electron chi connectivity index (χ1n) is 9.64. The number of hydrogen-bond acceptors (Lipinski definition) is 4. The molecule has 0 aromatic carbocycles. The van der Waals surface area contributed by atoms with E-state index in [1.54, 1.807) is 0 Å². The Morgan fingerprint density at radius 2 is 2.00 bits per heavy atom. The van der Waals surface area contributed by atoms with Crippen LogP contribution in [-0.2, 0) is 11.3 Å². The average Bonchev–Trinajstić information content (AvgIpc) is 3.35. The summed E-state index contributed by atoms with van der Waals surface area (Å²) in [5, 5.41) is 3.56. The van der Waals surface area contributed by atoms with Crippen LogP contribution in [0.1, 0.15) is 62.1 Å². The quantitative estimate of drug-likeness (QED) is 0.836. The van der Waals surface area contributed by atoms with Crippen LogP contribution in [0.25, 0.3) is 0 Å². The molecule has 3 aliphatic rings. The van der Waals surface area contributed by atoms with Crippen molar-refractivity contribution in [3.05, 3.63) is 16.1 Å². The summed E-state index contributed by atoms with van der Waals surface area (Å²) in [5.74, 6) is 2.14. The highest BCUT2D eigenvalue weighted by Gasteiger charge is 2.31. The van der Waals surface area contributed by atoms with Crippen molar-refractivity contribution in [2.45, 2.75) is 57.9 Å². The molecule has 0 spiro atoms. The van der Waals surface area contributed by atoms with Crippen molar-refractivity contribution in [1.82, 2.24) is 14.8 Å². The zero-order valence-corrected chi connectivity index (χ0v) is 15.6. The molecule has 0 bridgehead atoms. The molecule has 3 fully saturated rings. The Labute approximate surface area is 149 Å². The monoisotopic (exact) mass is 347 g/mol. The predicted octanol–water partition coefficient (Wildman–Crippen LogP) is 3.49. The first-order chi connectivity index (χ1) is 11.7. The molecule has 0 radical (unpaired) electrons. The van der Waals surface area contributed by atoms with Gasteiger partial charge in [0.25, 0.3) is 0 Å². The van der Waals surface area contributed by atoms with Gasteiger partial charge in [0.2, 0.25) is 5.91 Å². The first-order valence-corrected chi connectivity index (χ1v) is 10.5. The van der Waals surface area contributed by atoms with Gasteiger partial charge in [-0.3, -0.25) is 9.69 Å². The van der Waals surface area contributed by atoms with Crippen molar-refractivity contribution < 1.29 is 4.79 Å². The zero-order chi connectivity index (χ0) is 16.5. The summed E-state index contributed by atoms with van der Waals surface area (Å²) in [6.45, 7) is 7.18. The summed E-state index contributed by atoms with van der Waals surface area (Å²) < 4.78 is 0. The number of piperidine rings is 2. The third-order valence-corrected chi connectivity index (χ3v) is 6.89. The Bertz CT molecular complexity index is 575. The molecule has 2 aliphatic heterocycles. The van der Waals surface area contributed by atoms with E-state index < -0.39 is 0 Å². The van der Waals surface area contributed by atoms with Crippen LogP contribution in [0.3, 0.4) is 0 Å². The molecule has 3 heterocycles. The van der Waals surface area contributed by atoms with E-state index in [1.165, 1.54) is 36.4 Å². The number of thiazole rings is 1. The molecular formula is C19H29N3OS. The summed E-state index contributed by atoms with van der Waals surface area (Å²) in [4.78, 5) is 22.2. The second-order valence-corrected chi connectivity index (χ2v) is 8.92. The summed E-state index contributed by atoms with van der Waals surface area (Å²) in [5.41, 5.74) is 1.21. The summed E-state index contributed by atoms with van der Waals surface area (Å²) in [6, 6.07) is 0. The van der Waals surface area contributed by atoms with Crippen molar-refractivity contribution in [3.63, 3.8) is 0 Å². The highest BCUT2D eigenvalue weighted by atomic mass is 32.1. The first kappa shape index (κ1) is 16.5. The van der Waals surface area contributed by atoms with Gasteiger partial charge in [-0.2, -0.15) is 0 Å². The number of carbonyl (C=O) groups is 1. The van der Waals surface area contributed by atoms with Gasteiger partial charge in [0.1, 0.15) is 0 Å². The van der Waals surface area contributed by atoms with E-state index in [1.807, 2.05) is 11.3 Å². The largest absolute Gasteiger partial charge is 0.342 e. The Morgan fingerprint density at radius 3 is 2.75 bits per heavy atom. The van der Waals surface area contributed by atoms with Crippen molar-refractivity contribution in [3.8, 4) is 0 Å². The fourth-order valence-corrected chi connectivity index (χ4v) is 5.01. The van der Waals surface area contributed by atoms with E-state index in [0.717, 1.165) is 57.4 Å². The molecule has 4 nitrogen and oxygen atoms in total. The Kier molecular flexibility index (Phi) is 4.90. The van der Waals surface area contributed by atoms with Crippen LogP contribution in [0.15, 0.2) is 5.38 Å². The fraction of sp³-hybridized carbons (Fsp3) is 0.789. The highest BCUT2D eigenvalue weighted by Crippen LogP contribution is 2.41. The minimum absolute atomic E-state index is 0.202. The summed E-state index contributed by atoms with van der Waals surface area (Å²) >= 11 is 1.83. The molecule has 1 aromatic heterocycles. The lowest BCUT2D eigenvalue weighted by atomic mass is 9.93. The summed E-state index contributed by atoms with van der Waals surface area (Å²) in [6.07, 6.45) is 7.19. The van der Waals surface area contributed by atoms with Crippen molar-refractivity contribution in [1.29, 1.82) is 0 Å². The second kappa shape index (κ2) is 7.12. The normalized spacial score (nSPS) is 26.7. The molecule has 5 heteroatoms. The molecule has 0 unspecified atom stereocenters. The molecule has 1 saturated carbocycles. The molecule has 1 aromatic rings. The summed E-state index contributed by atoms with van der Waals surface area (Å²) in [7, 11) is 0. The van der Waals surface area contributed by atoms with Crippen molar-refractivity contribution >= 4 is 17.2 Å². The molecule has 1 atom stereocenters. The van der Waals surface area contributed by atoms with Gasteiger partial charge in [0, 0.05) is 37.5 Å². The number of carbonyl (C=O) groups excluding carboxylic acids is 1. The van der Waals surface area contributed by atoms with Crippen LogP contribution >= 0.6 is 11.3 Å². The number of hydrogen-bond donors (Lipinski definition) is 0. The maximum absolute atomic E-state index is 12.8. The average molecular weight is 348 g/mol. The smallest absolute Gasteiger partial charge is 0.226 e. The molecule has 24 heavy (non-hydrogen) atoms. The van der Waals surface area contributed by atoms with Gasteiger partial charge in [-0.1, -0.05) is 6.92 Å². The molecule has 132 valence electrons. The minimum atomic E-state index is 0.202. The lowest BCUT2D eigenvalue weighted by Crippen LogP contribution is -2.46. The SMILES string of the molecule is CC1CCN(C(=O)[C@@H]2CCCN(Cc3csc(C4CC4)n3)C2)CC1. The Morgan fingerprint density at radius 1 is 1.21 bits per heavy atom. The maximum atomic E-state index is 12.8. The highest BCUT2D eigenvalue weighted by molar-refractivity contribution is 7.09. The molecule has 0 N–H and O–H groups in total. The van der Waals surface area contributed by atoms with E-state index in [2.05, 4.69) is 22.1 Å². The maximum Gasteiger partial charge on any atom is 0.226 e. The van der Waals surface area contributed by atoms with Crippen LogP contribution < -0.4 is 0 Å². The molecule has 2 saturated heterocycles. The predicted molar refractivity (Wildman–Crippen MR) is 97.1 cm³/mol. The number of rotatable bonds is 4. The van der Waals surface area contributed by atoms with Gasteiger partial charge in [-0.05, 0) is 51.0 Å². The van der Waals surface area contributed by atoms with Crippen LogP contribution in [-0.4, -0.2) is 46.9 Å². The van der Waals surface area contributed by atoms with Gasteiger partial charge in [-0.15, -0.1) is 11.3 Å². The van der Waals surface area contributed by atoms with Gasteiger partial charge in [0.05, 0.1) is 16.6 Å². The van der Waals surface area contributed by atoms with E-state index >= 15 is 0 Å². The number of amides is 1. The van der Waals surface area contributed by atoms with Gasteiger partial charge >= 0.3 is 0 Å². The number of aromatic nitrogens is 1. The van der Waals surface area contributed by atoms with E-state index in [4.69, 9.17) is 4.98 Å². The third kappa shape index (κ3) is 3.83.